The molecule has 1 unspecified atom stereocenters. The lowest BCUT2D eigenvalue weighted by Crippen LogP contribution is -2.35. The van der Waals surface area contributed by atoms with E-state index in [2.05, 4.69) is 50.0 Å². The molecule has 0 saturated carbocycles. The lowest BCUT2D eigenvalue weighted by Gasteiger charge is -2.32. The summed E-state index contributed by atoms with van der Waals surface area (Å²) in [6, 6.07) is 1.73. The summed E-state index contributed by atoms with van der Waals surface area (Å²) in [5.74, 6) is 0.599. The van der Waals surface area contributed by atoms with E-state index in [0.717, 1.165) is 11.6 Å². The van der Waals surface area contributed by atoms with Gasteiger partial charge in [-0.05, 0) is 17.8 Å². The Bertz CT molecular complexity index is 638. The van der Waals surface area contributed by atoms with E-state index in [0.29, 0.717) is 16.9 Å². The molecular formula is C14H22N4OS. The Morgan fingerprint density at radius 2 is 2.10 bits per heavy atom. The van der Waals surface area contributed by atoms with Gasteiger partial charge in [-0.25, -0.2) is 4.98 Å². The van der Waals surface area contributed by atoms with Crippen LogP contribution in [-0.2, 0) is 0 Å². The van der Waals surface area contributed by atoms with E-state index in [4.69, 9.17) is 0 Å². The quantitative estimate of drug-likeness (QED) is 0.941. The average Bonchev–Trinajstić information content (AvgIpc) is 2.70. The zero-order valence-electron chi connectivity index (χ0n) is 12.7. The second-order valence-electron chi connectivity index (χ2n) is 6.58. The summed E-state index contributed by atoms with van der Waals surface area (Å²) in [7, 11) is 0. The molecule has 2 rings (SSSR count). The molecular weight excluding hydrogens is 272 g/mol. The van der Waals surface area contributed by atoms with Crippen LogP contribution >= 0.6 is 11.3 Å². The lowest BCUT2D eigenvalue weighted by atomic mass is 9.82. The number of anilines is 1. The third-order valence-electron chi connectivity index (χ3n) is 3.22. The van der Waals surface area contributed by atoms with E-state index in [-0.39, 0.29) is 11.0 Å². The summed E-state index contributed by atoms with van der Waals surface area (Å²) in [6.07, 6.45) is 2.58. The molecule has 1 atom stereocenters. The van der Waals surface area contributed by atoms with Gasteiger partial charge in [-0.2, -0.15) is 4.52 Å². The Morgan fingerprint density at radius 1 is 1.40 bits per heavy atom. The van der Waals surface area contributed by atoms with Crippen LogP contribution in [0.1, 0.15) is 41.0 Å². The van der Waals surface area contributed by atoms with Crippen LogP contribution in [0.2, 0.25) is 0 Å². The molecule has 6 heteroatoms. The molecule has 110 valence electrons. The lowest BCUT2D eigenvalue weighted by molar-refractivity contribution is 0.300. The molecule has 2 aromatic rings. The first-order chi connectivity index (χ1) is 9.27. The maximum Gasteiger partial charge on any atom is 0.275 e. The van der Waals surface area contributed by atoms with Gasteiger partial charge in [-0.15, -0.1) is 5.10 Å². The van der Waals surface area contributed by atoms with Crippen molar-refractivity contribution in [1.29, 1.82) is 0 Å². The van der Waals surface area contributed by atoms with Crippen LogP contribution in [0.25, 0.3) is 4.96 Å². The molecule has 1 N–H and O–H groups in total. The first kappa shape index (κ1) is 15.0. The molecule has 2 aromatic heterocycles. The standard InChI is InChI=1S/C14H22N4OS/c1-9(2)8-10(14(3,4)5)16-12-17-18-11(19)6-7-15-13(18)20-12/h6-7,9-10H,8H2,1-5H3,(H,16,17). The van der Waals surface area contributed by atoms with Crippen molar-refractivity contribution in [2.45, 2.75) is 47.1 Å². The van der Waals surface area contributed by atoms with E-state index in [1.54, 1.807) is 0 Å². The Labute approximate surface area is 123 Å². The third-order valence-corrected chi connectivity index (χ3v) is 4.07. The second kappa shape index (κ2) is 5.52. The van der Waals surface area contributed by atoms with Gasteiger partial charge in [-0.1, -0.05) is 46.0 Å². The largest absolute Gasteiger partial charge is 0.357 e. The van der Waals surface area contributed by atoms with Crippen LogP contribution in [-0.4, -0.2) is 20.6 Å². The van der Waals surface area contributed by atoms with Crippen molar-refractivity contribution < 1.29 is 0 Å². The summed E-state index contributed by atoms with van der Waals surface area (Å²) in [5, 5.41) is 8.55. The Kier molecular flexibility index (Phi) is 4.13. The summed E-state index contributed by atoms with van der Waals surface area (Å²) < 4.78 is 1.35. The van der Waals surface area contributed by atoms with Gasteiger partial charge in [0, 0.05) is 18.3 Å². The van der Waals surface area contributed by atoms with Crippen molar-refractivity contribution in [1.82, 2.24) is 14.6 Å². The highest BCUT2D eigenvalue weighted by atomic mass is 32.1. The van der Waals surface area contributed by atoms with Crippen molar-refractivity contribution in [3.8, 4) is 0 Å². The van der Waals surface area contributed by atoms with Crippen molar-refractivity contribution in [3.05, 3.63) is 22.6 Å². The topological polar surface area (TPSA) is 59.3 Å². The fraction of sp³-hybridized carbons (Fsp3) is 0.643. The van der Waals surface area contributed by atoms with Crippen molar-refractivity contribution in [3.63, 3.8) is 0 Å². The molecule has 20 heavy (non-hydrogen) atoms. The van der Waals surface area contributed by atoms with E-state index < -0.39 is 0 Å². The molecule has 5 nitrogen and oxygen atoms in total. The molecule has 0 fully saturated rings. The van der Waals surface area contributed by atoms with Gasteiger partial charge in [0.05, 0.1) is 0 Å². The molecule has 0 aromatic carbocycles. The fourth-order valence-corrected chi connectivity index (χ4v) is 2.88. The minimum Gasteiger partial charge on any atom is -0.357 e. The second-order valence-corrected chi connectivity index (χ2v) is 7.53. The smallest absolute Gasteiger partial charge is 0.275 e. The van der Waals surface area contributed by atoms with E-state index >= 15 is 0 Å². The highest BCUT2D eigenvalue weighted by Crippen LogP contribution is 2.29. The van der Waals surface area contributed by atoms with Crippen LogP contribution in [0.15, 0.2) is 17.1 Å². The molecule has 0 aliphatic carbocycles. The summed E-state index contributed by atoms with van der Waals surface area (Å²) in [4.78, 5) is 16.5. The molecule has 2 heterocycles. The predicted molar refractivity (Wildman–Crippen MR) is 83.5 cm³/mol. The predicted octanol–water partition coefficient (Wildman–Crippen LogP) is 3.02. The maximum atomic E-state index is 11.7. The van der Waals surface area contributed by atoms with Crippen LogP contribution in [0, 0.1) is 11.3 Å². The van der Waals surface area contributed by atoms with Gasteiger partial charge in [0.2, 0.25) is 10.1 Å². The first-order valence-electron chi connectivity index (χ1n) is 6.89. The average molecular weight is 294 g/mol. The third kappa shape index (κ3) is 3.36. The monoisotopic (exact) mass is 294 g/mol. The number of aromatic nitrogens is 3. The van der Waals surface area contributed by atoms with Gasteiger partial charge in [0.15, 0.2) is 0 Å². The Balaban J connectivity index is 2.29. The molecule has 0 spiro atoms. The van der Waals surface area contributed by atoms with Gasteiger partial charge in [0.25, 0.3) is 5.56 Å². The number of nitrogens with zero attached hydrogens (tertiary/aromatic N) is 3. The molecule has 0 amide bonds. The van der Waals surface area contributed by atoms with Gasteiger partial charge in [-0.3, -0.25) is 4.79 Å². The minimum absolute atomic E-state index is 0.126. The summed E-state index contributed by atoms with van der Waals surface area (Å²) >= 11 is 1.41. The molecule has 0 radical (unpaired) electrons. The van der Waals surface area contributed by atoms with Crippen molar-refractivity contribution >= 4 is 21.4 Å². The van der Waals surface area contributed by atoms with Crippen LogP contribution in [0.3, 0.4) is 0 Å². The van der Waals surface area contributed by atoms with Crippen molar-refractivity contribution in [2.75, 3.05) is 5.32 Å². The zero-order valence-corrected chi connectivity index (χ0v) is 13.5. The van der Waals surface area contributed by atoms with E-state index in [1.165, 1.54) is 28.1 Å². The maximum absolute atomic E-state index is 11.7. The number of fused-ring (bicyclic) bond motifs is 1. The van der Waals surface area contributed by atoms with E-state index in [9.17, 15) is 4.79 Å². The van der Waals surface area contributed by atoms with Crippen LogP contribution < -0.4 is 10.9 Å². The number of nitrogens with one attached hydrogen (secondary N) is 1. The van der Waals surface area contributed by atoms with Crippen molar-refractivity contribution in [2.24, 2.45) is 11.3 Å². The van der Waals surface area contributed by atoms with Crippen LogP contribution in [0.4, 0.5) is 5.13 Å². The summed E-state index contributed by atoms with van der Waals surface area (Å²) in [5.41, 5.74) is -0.0176. The molecule has 0 bridgehead atoms. The highest BCUT2D eigenvalue weighted by molar-refractivity contribution is 7.20. The SMILES string of the molecule is CC(C)CC(Nc1nn2c(=O)ccnc2s1)C(C)(C)C. The van der Waals surface area contributed by atoms with Gasteiger partial charge < -0.3 is 5.32 Å². The fourth-order valence-electron chi connectivity index (χ4n) is 2.05. The Morgan fingerprint density at radius 3 is 2.65 bits per heavy atom. The molecule has 0 aliphatic rings. The number of rotatable bonds is 4. The Hall–Kier alpha value is -1.43. The molecule has 0 saturated heterocycles. The zero-order chi connectivity index (χ0) is 14.9. The van der Waals surface area contributed by atoms with Crippen LogP contribution in [0.5, 0.6) is 0 Å². The van der Waals surface area contributed by atoms with Gasteiger partial charge >= 0.3 is 0 Å². The number of hydrogen-bond acceptors (Lipinski definition) is 5. The van der Waals surface area contributed by atoms with E-state index in [1.807, 2.05) is 0 Å². The normalized spacial score (nSPS) is 13.9. The highest BCUT2D eigenvalue weighted by Gasteiger charge is 2.26. The molecule has 0 aliphatic heterocycles. The minimum atomic E-state index is -0.143. The number of hydrogen-bond donors (Lipinski definition) is 1. The summed E-state index contributed by atoms with van der Waals surface area (Å²) in [6.45, 7) is 11.1. The van der Waals surface area contributed by atoms with Gasteiger partial charge in [0.1, 0.15) is 0 Å². The first-order valence-corrected chi connectivity index (χ1v) is 7.70.